The number of nitrogens with zero attached hydrogens (tertiary/aromatic N) is 5. The number of nitrogens with two attached hydrogens (primary N) is 1. The molecule has 0 atom stereocenters. The number of nitrogen functional groups attached to an aromatic ring is 1. The first-order chi connectivity index (χ1) is 8.63. The highest BCUT2D eigenvalue weighted by Crippen LogP contribution is 2.17. The van der Waals surface area contributed by atoms with Gasteiger partial charge in [-0.1, -0.05) is 5.16 Å². The summed E-state index contributed by atoms with van der Waals surface area (Å²) < 4.78 is 6.82. The summed E-state index contributed by atoms with van der Waals surface area (Å²) >= 11 is 0. The van der Waals surface area contributed by atoms with E-state index in [-0.39, 0.29) is 0 Å². The molecule has 0 fully saturated rings. The second-order valence-corrected chi connectivity index (χ2v) is 4.15. The largest absolute Gasteiger partial charge is 0.369 e. The number of hydrogen-bond donors (Lipinski definition) is 1. The van der Waals surface area contributed by atoms with Crippen LogP contribution in [0.15, 0.2) is 16.8 Å². The zero-order valence-corrected chi connectivity index (χ0v) is 10.1. The van der Waals surface area contributed by atoms with Crippen LogP contribution in [0.3, 0.4) is 0 Å². The standard InChI is InChI=1S/C11H12N6O/c1-6-3-8-10(13-4-6)17(11(12)15-8)5-9-14-7(2)16-18-9/h3-4H,5H2,1-2H3,(H2,12,15). The molecule has 0 aliphatic carbocycles. The third-order valence-electron chi connectivity index (χ3n) is 2.61. The van der Waals surface area contributed by atoms with Gasteiger partial charge in [-0.3, -0.25) is 4.57 Å². The maximum atomic E-state index is 5.88. The average Bonchev–Trinajstić information content (AvgIpc) is 2.84. The van der Waals surface area contributed by atoms with Gasteiger partial charge in [0.05, 0.1) is 0 Å². The Morgan fingerprint density at radius 3 is 2.89 bits per heavy atom. The number of anilines is 1. The van der Waals surface area contributed by atoms with Crippen molar-refractivity contribution >= 4 is 17.1 Å². The fraction of sp³-hybridized carbons (Fsp3) is 0.273. The topological polar surface area (TPSA) is 95.7 Å². The summed E-state index contributed by atoms with van der Waals surface area (Å²) in [6.07, 6.45) is 1.78. The van der Waals surface area contributed by atoms with Gasteiger partial charge in [-0.15, -0.1) is 0 Å². The molecule has 0 spiro atoms. The average molecular weight is 244 g/mol. The molecule has 0 saturated carbocycles. The van der Waals surface area contributed by atoms with Crippen LogP contribution in [-0.2, 0) is 6.54 Å². The van der Waals surface area contributed by atoms with E-state index in [1.54, 1.807) is 17.7 Å². The minimum Gasteiger partial charge on any atom is -0.369 e. The van der Waals surface area contributed by atoms with Crippen LogP contribution in [0.4, 0.5) is 5.95 Å². The van der Waals surface area contributed by atoms with Crippen molar-refractivity contribution in [3.05, 3.63) is 29.5 Å². The molecule has 7 nitrogen and oxygen atoms in total. The number of rotatable bonds is 2. The molecule has 0 unspecified atom stereocenters. The molecular formula is C11H12N6O. The Morgan fingerprint density at radius 2 is 2.17 bits per heavy atom. The van der Waals surface area contributed by atoms with E-state index in [0.717, 1.165) is 11.1 Å². The monoisotopic (exact) mass is 244 g/mol. The maximum Gasteiger partial charge on any atom is 0.246 e. The van der Waals surface area contributed by atoms with Gasteiger partial charge in [-0.05, 0) is 25.5 Å². The molecule has 7 heteroatoms. The molecule has 0 aliphatic rings. The Bertz CT molecular complexity index is 713. The molecule has 0 amide bonds. The minimum absolute atomic E-state index is 0.374. The van der Waals surface area contributed by atoms with E-state index in [4.69, 9.17) is 10.3 Å². The molecule has 3 aromatic heterocycles. The molecular weight excluding hydrogens is 232 g/mol. The molecule has 0 aromatic carbocycles. The molecule has 3 rings (SSSR count). The summed E-state index contributed by atoms with van der Waals surface area (Å²) in [6.45, 7) is 4.10. The first-order valence-electron chi connectivity index (χ1n) is 5.51. The first kappa shape index (κ1) is 10.7. The zero-order chi connectivity index (χ0) is 12.7. The molecule has 92 valence electrons. The number of aromatic nitrogens is 5. The Kier molecular flexibility index (Phi) is 2.26. The zero-order valence-electron chi connectivity index (χ0n) is 10.1. The van der Waals surface area contributed by atoms with Gasteiger partial charge in [-0.25, -0.2) is 9.97 Å². The summed E-state index contributed by atoms with van der Waals surface area (Å²) in [5.41, 5.74) is 8.41. The molecule has 0 aliphatic heterocycles. The van der Waals surface area contributed by atoms with E-state index in [1.807, 2.05) is 13.0 Å². The van der Waals surface area contributed by atoms with E-state index in [0.29, 0.717) is 29.9 Å². The molecule has 2 N–H and O–H groups in total. The van der Waals surface area contributed by atoms with Gasteiger partial charge in [0, 0.05) is 6.20 Å². The van der Waals surface area contributed by atoms with Crippen LogP contribution < -0.4 is 5.73 Å². The normalized spacial score (nSPS) is 11.2. The smallest absolute Gasteiger partial charge is 0.246 e. The Hall–Kier alpha value is -2.44. The minimum atomic E-state index is 0.374. The van der Waals surface area contributed by atoms with E-state index in [1.165, 1.54) is 0 Å². The number of imidazole rings is 1. The highest BCUT2D eigenvalue weighted by atomic mass is 16.5. The van der Waals surface area contributed by atoms with Gasteiger partial charge in [0.2, 0.25) is 11.8 Å². The Labute approximate surface area is 103 Å². The van der Waals surface area contributed by atoms with Crippen LogP contribution >= 0.6 is 0 Å². The van der Waals surface area contributed by atoms with Crippen molar-refractivity contribution in [2.45, 2.75) is 20.4 Å². The van der Waals surface area contributed by atoms with Crippen molar-refractivity contribution < 1.29 is 4.52 Å². The van der Waals surface area contributed by atoms with Crippen molar-refractivity contribution in [3.8, 4) is 0 Å². The second-order valence-electron chi connectivity index (χ2n) is 4.15. The van der Waals surface area contributed by atoms with Crippen LogP contribution in [0.1, 0.15) is 17.3 Å². The fourth-order valence-corrected chi connectivity index (χ4v) is 1.82. The van der Waals surface area contributed by atoms with Crippen LogP contribution in [0.2, 0.25) is 0 Å². The fourth-order valence-electron chi connectivity index (χ4n) is 1.82. The predicted octanol–water partition coefficient (Wildman–Crippen LogP) is 1.06. The van der Waals surface area contributed by atoms with Gasteiger partial charge >= 0.3 is 0 Å². The molecule has 3 heterocycles. The molecule has 3 aromatic rings. The third-order valence-corrected chi connectivity index (χ3v) is 2.61. The number of hydrogen-bond acceptors (Lipinski definition) is 6. The lowest BCUT2D eigenvalue weighted by molar-refractivity contribution is 0.369. The number of aryl methyl sites for hydroxylation is 2. The second kappa shape index (κ2) is 3.80. The summed E-state index contributed by atoms with van der Waals surface area (Å²) in [5, 5.41) is 3.74. The van der Waals surface area contributed by atoms with Crippen molar-refractivity contribution in [1.82, 2.24) is 24.7 Å². The lowest BCUT2D eigenvalue weighted by Crippen LogP contribution is -2.05. The highest BCUT2D eigenvalue weighted by Gasteiger charge is 2.12. The van der Waals surface area contributed by atoms with Gasteiger partial charge in [0.1, 0.15) is 12.1 Å². The van der Waals surface area contributed by atoms with Crippen LogP contribution in [0.25, 0.3) is 11.2 Å². The molecule has 0 bridgehead atoms. The molecule has 0 radical (unpaired) electrons. The van der Waals surface area contributed by atoms with E-state index in [9.17, 15) is 0 Å². The SMILES string of the molecule is Cc1cnc2c(c1)nc(N)n2Cc1nc(C)no1. The van der Waals surface area contributed by atoms with E-state index < -0.39 is 0 Å². The van der Waals surface area contributed by atoms with Crippen LogP contribution in [-0.4, -0.2) is 24.7 Å². The Balaban J connectivity index is 2.08. The van der Waals surface area contributed by atoms with E-state index >= 15 is 0 Å². The maximum absolute atomic E-state index is 5.88. The van der Waals surface area contributed by atoms with Gasteiger partial charge in [-0.2, -0.15) is 4.98 Å². The number of pyridine rings is 1. The summed E-state index contributed by atoms with van der Waals surface area (Å²) in [7, 11) is 0. The van der Waals surface area contributed by atoms with Gasteiger partial charge < -0.3 is 10.3 Å². The van der Waals surface area contributed by atoms with Crippen LogP contribution in [0, 0.1) is 13.8 Å². The predicted molar refractivity (Wildman–Crippen MR) is 64.8 cm³/mol. The van der Waals surface area contributed by atoms with Crippen molar-refractivity contribution in [2.75, 3.05) is 5.73 Å². The summed E-state index contributed by atoms with van der Waals surface area (Å²) in [4.78, 5) is 12.7. The van der Waals surface area contributed by atoms with Crippen LogP contribution in [0.5, 0.6) is 0 Å². The lowest BCUT2D eigenvalue weighted by atomic mass is 10.3. The summed E-state index contributed by atoms with van der Waals surface area (Å²) in [6, 6.07) is 1.94. The van der Waals surface area contributed by atoms with Crippen molar-refractivity contribution in [1.29, 1.82) is 0 Å². The van der Waals surface area contributed by atoms with Gasteiger partial charge in [0.25, 0.3) is 0 Å². The first-order valence-corrected chi connectivity index (χ1v) is 5.51. The highest BCUT2D eigenvalue weighted by molar-refractivity contribution is 5.74. The molecule has 0 saturated heterocycles. The van der Waals surface area contributed by atoms with E-state index in [2.05, 4.69) is 20.1 Å². The summed E-state index contributed by atoms with van der Waals surface area (Å²) in [5.74, 6) is 1.47. The van der Waals surface area contributed by atoms with Crippen molar-refractivity contribution in [2.24, 2.45) is 0 Å². The lowest BCUT2D eigenvalue weighted by Gasteiger charge is -2.01. The quantitative estimate of drug-likeness (QED) is 0.724. The molecule has 18 heavy (non-hydrogen) atoms. The van der Waals surface area contributed by atoms with Crippen molar-refractivity contribution in [3.63, 3.8) is 0 Å². The Morgan fingerprint density at radius 1 is 1.33 bits per heavy atom. The third kappa shape index (κ3) is 1.69. The van der Waals surface area contributed by atoms with Gasteiger partial charge in [0.15, 0.2) is 11.5 Å². The number of fused-ring (bicyclic) bond motifs is 1.